The molecule has 1 aromatic heterocycles. The van der Waals surface area contributed by atoms with E-state index in [1.165, 1.54) is 11.3 Å². The molecule has 3 heteroatoms. The van der Waals surface area contributed by atoms with Gasteiger partial charge in [-0.3, -0.25) is 0 Å². The molecule has 1 aromatic carbocycles. The third kappa shape index (κ3) is 1.16. The molecule has 66 valence electrons. The first-order chi connectivity index (χ1) is 6.76. The van der Waals surface area contributed by atoms with E-state index in [0.717, 1.165) is 15.6 Å². The van der Waals surface area contributed by atoms with Crippen LogP contribution >= 0.6 is 11.3 Å². The second-order valence-corrected chi connectivity index (χ2v) is 4.04. The topological polar surface area (TPSA) is 47.6 Å². The van der Waals surface area contributed by atoms with Crippen LogP contribution in [0.3, 0.4) is 0 Å². The van der Waals surface area contributed by atoms with E-state index in [1.54, 1.807) is 6.07 Å². The third-order valence-electron chi connectivity index (χ3n) is 2.17. The molecule has 2 nitrogen and oxygen atoms in total. The summed E-state index contributed by atoms with van der Waals surface area (Å²) in [7, 11) is 0. The van der Waals surface area contributed by atoms with Crippen molar-refractivity contribution in [2.24, 2.45) is 0 Å². The number of thiophene rings is 1. The lowest BCUT2D eigenvalue weighted by molar-refractivity contribution is 1.44. The van der Waals surface area contributed by atoms with Gasteiger partial charge in [-0.15, -0.1) is 11.3 Å². The summed E-state index contributed by atoms with van der Waals surface area (Å²) in [6.45, 7) is 1.92. The van der Waals surface area contributed by atoms with Gasteiger partial charge in [0.15, 0.2) is 0 Å². The predicted octanol–water partition coefficient (Wildman–Crippen LogP) is 2.95. The molecular weight excluding hydrogens is 192 g/mol. The second-order valence-electron chi connectivity index (χ2n) is 2.99. The number of aryl methyl sites for hydroxylation is 1. The van der Waals surface area contributed by atoms with Crippen LogP contribution in [0.5, 0.6) is 0 Å². The van der Waals surface area contributed by atoms with Gasteiger partial charge >= 0.3 is 0 Å². The molecule has 2 rings (SSSR count). The Kier molecular flexibility index (Phi) is 1.96. The van der Waals surface area contributed by atoms with Crippen LogP contribution in [-0.2, 0) is 0 Å². The maximum absolute atomic E-state index is 8.83. The largest absolute Gasteiger partial charge is 0.192 e. The molecule has 1 heterocycles. The summed E-state index contributed by atoms with van der Waals surface area (Å²) in [6, 6.07) is 9.79. The van der Waals surface area contributed by atoms with Gasteiger partial charge in [-0.2, -0.15) is 10.5 Å². The first-order valence-electron chi connectivity index (χ1n) is 4.09. The summed E-state index contributed by atoms with van der Waals surface area (Å²) in [4.78, 5) is 0.693. The predicted molar refractivity (Wildman–Crippen MR) is 56.0 cm³/mol. The maximum Gasteiger partial charge on any atom is 0.110 e. The molecule has 0 aliphatic heterocycles. The number of benzene rings is 1. The van der Waals surface area contributed by atoms with Crippen LogP contribution in [0.4, 0.5) is 0 Å². The van der Waals surface area contributed by atoms with Crippen LogP contribution in [0, 0.1) is 29.6 Å². The summed E-state index contributed by atoms with van der Waals surface area (Å²) >= 11 is 1.44. The van der Waals surface area contributed by atoms with Crippen LogP contribution in [0.25, 0.3) is 10.1 Å². The lowest BCUT2D eigenvalue weighted by Gasteiger charge is -1.96. The fraction of sp³-hybridized carbons (Fsp3) is 0.0909. The summed E-state index contributed by atoms with van der Waals surface area (Å²) in [5.74, 6) is 0. The van der Waals surface area contributed by atoms with Crippen molar-refractivity contribution in [2.75, 3.05) is 0 Å². The van der Waals surface area contributed by atoms with E-state index >= 15 is 0 Å². The first-order valence-corrected chi connectivity index (χ1v) is 4.91. The van der Waals surface area contributed by atoms with Crippen molar-refractivity contribution < 1.29 is 0 Å². The molecule has 0 bridgehead atoms. The standard InChI is InChI=1S/C11H6N2S/c1-7-9(5-12)3-2-8-4-10(6-13)14-11(7)8/h2-4H,1H3. The van der Waals surface area contributed by atoms with E-state index in [0.29, 0.717) is 10.4 Å². The quantitative estimate of drug-likeness (QED) is 0.653. The molecule has 0 atom stereocenters. The molecule has 0 saturated heterocycles. The van der Waals surface area contributed by atoms with Crippen LogP contribution in [0.15, 0.2) is 18.2 Å². The molecule has 0 N–H and O–H groups in total. The zero-order valence-corrected chi connectivity index (χ0v) is 8.35. The number of rotatable bonds is 0. The van der Waals surface area contributed by atoms with E-state index in [2.05, 4.69) is 12.1 Å². The Morgan fingerprint density at radius 1 is 1.21 bits per heavy atom. The Bertz CT molecular complexity index is 582. The molecule has 0 saturated carbocycles. The molecule has 0 aliphatic carbocycles. The lowest BCUT2D eigenvalue weighted by atomic mass is 10.1. The van der Waals surface area contributed by atoms with Crippen molar-refractivity contribution in [1.82, 2.24) is 0 Å². The van der Waals surface area contributed by atoms with Gasteiger partial charge in [-0.25, -0.2) is 0 Å². The van der Waals surface area contributed by atoms with Crippen molar-refractivity contribution in [2.45, 2.75) is 6.92 Å². The third-order valence-corrected chi connectivity index (χ3v) is 3.34. The summed E-state index contributed by atoms with van der Waals surface area (Å²) in [6.07, 6.45) is 0. The maximum atomic E-state index is 8.83. The van der Waals surface area contributed by atoms with E-state index in [-0.39, 0.29) is 0 Å². The molecule has 0 aliphatic rings. The molecule has 0 radical (unpaired) electrons. The number of fused-ring (bicyclic) bond motifs is 1. The Balaban J connectivity index is 2.85. The molecule has 0 amide bonds. The number of nitrogens with zero attached hydrogens (tertiary/aromatic N) is 2. The minimum Gasteiger partial charge on any atom is -0.192 e. The smallest absolute Gasteiger partial charge is 0.110 e. The highest BCUT2D eigenvalue weighted by Crippen LogP contribution is 2.29. The fourth-order valence-corrected chi connectivity index (χ4v) is 2.38. The second kappa shape index (κ2) is 3.14. The van der Waals surface area contributed by atoms with E-state index in [9.17, 15) is 0 Å². The van der Waals surface area contributed by atoms with Crippen molar-refractivity contribution >= 4 is 21.4 Å². The fourth-order valence-electron chi connectivity index (χ4n) is 1.42. The van der Waals surface area contributed by atoms with E-state index < -0.39 is 0 Å². The van der Waals surface area contributed by atoms with Gasteiger partial charge in [0, 0.05) is 4.70 Å². The van der Waals surface area contributed by atoms with Crippen molar-refractivity contribution in [3.05, 3.63) is 34.2 Å². The molecule has 2 aromatic rings. The Hall–Kier alpha value is -1.84. The van der Waals surface area contributed by atoms with Gasteiger partial charge in [0.2, 0.25) is 0 Å². The minimum atomic E-state index is 0.684. The first kappa shape index (κ1) is 8.74. The van der Waals surface area contributed by atoms with Gasteiger partial charge in [-0.05, 0) is 30.0 Å². The molecule has 14 heavy (non-hydrogen) atoms. The molecule has 0 unspecified atom stereocenters. The van der Waals surface area contributed by atoms with Crippen molar-refractivity contribution in [1.29, 1.82) is 10.5 Å². The molecule has 0 fully saturated rings. The normalized spacial score (nSPS) is 9.64. The average Bonchev–Trinajstić information content (AvgIpc) is 2.62. The Morgan fingerprint density at radius 3 is 2.64 bits per heavy atom. The van der Waals surface area contributed by atoms with Gasteiger partial charge < -0.3 is 0 Å². The van der Waals surface area contributed by atoms with E-state index in [1.807, 2.05) is 19.1 Å². The highest BCUT2D eigenvalue weighted by molar-refractivity contribution is 7.19. The lowest BCUT2D eigenvalue weighted by Crippen LogP contribution is -1.80. The van der Waals surface area contributed by atoms with Crippen LogP contribution in [0.1, 0.15) is 16.0 Å². The van der Waals surface area contributed by atoms with Crippen molar-refractivity contribution in [3.63, 3.8) is 0 Å². The number of hydrogen-bond acceptors (Lipinski definition) is 3. The minimum absolute atomic E-state index is 0.684. The molecule has 0 spiro atoms. The summed E-state index contributed by atoms with van der Waals surface area (Å²) in [5, 5.41) is 18.6. The SMILES string of the molecule is Cc1c(C#N)ccc2cc(C#N)sc12. The zero-order valence-electron chi connectivity index (χ0n) is 7.53. The van der Waals surface area contributed by atoms with Gasteiger partial charge in [-0.1, -0.05) is 6.07 Å². The Labute approximate surface area is 85.6 Å². The summed E-state index contributed by atoms with van der Waals surface area (Å²) < 4.78 is 1.04. The average molecular weight is 198 g/mol. The monoisotopic (exact) mass is 198 g/mol. The Morgan fingerprint density at radius 2 is 2.00 bits per heavy atom. The number of hydrogen-bond donors (Lipinski definition) is 0. The van der Waals surface area contributed by atoms with Crippen LogP contribution < -0.4 is 0 Å². The van der Waals surface area contributed by atoms with E-state index in [4.69, 9.17) is 10.5 Å². The van der Waals surface area contributed by atoms with Crippen molar-refractivity contribution in [3.8, 4) is 12.1 Å². The highest BCUT2D eigenvalue weighted by Gasteiger charge is 2.06. The van der Waals surface area contributed by atoms with Crippen LogP contribution in [-0.4, -0.2) is 0 Å². The van der Waals surface area contributed by atoms with Gasteiger partial charge in [0.25, 0.3) is 0 Å². The molecular formula is C11H6N2S. The van der Waals surface area contributed by atoms with Gasteiger partial charge in [0.05, 0.1) is 11.6 Å². The van der Waals surface area contributed by atoms with Gasteiger partial charge in [0.1, 0.15) is 10.9 Å². The van der Waals surface area contributed by atoms with Crippen LogP contribution in [0.2, 0.25) is 0 Å². The highest BCUT2D eigenvalue weighted by atomic mass is 32.1. The number of nitriles is 2. The zero-order chi connectivity index (χ0) is 10.1. The summed E-state index contributed by atoms with van der Waals surface area (Å²) in [5.41, 5.74) is 1.65.